The highest BCUT2D eigenvalue weighted by molar-refractivity contribution is 5.72. The van der Waals surface area contributed by atoms with Gasteiger partial charge in [-0.2, -0.15) is 0 Å². The molecule has 1 aromatic carbocycles. The maximum atomic E-state index is 10.8. The van der Waals surface area contributed by atoms with Crippen molar-refractivity contribution in [2.24, 2.45) is 0 Å². The van der Waals surface area contributed by atoms with Crippen molar-refractivity contribution in [1.29, 1.82) is 0 Å². The fraction of sp³-hybridized carbons (Fsp3) is 0.429. The van der Waals surface area contributed by atoms with Crippen molar-refractivity contribution >= 4 is 11.9 Å². The van der Waals surface area contributed by atoms with E-state index >= 15 is 0 Å². The molecule has 1 aliphatic rings. The van der Waals surface area contributed by atoms with E-state index in [0.717, 1.165) is 5.56 Å². The molecule has 0 spiro atoms. The predicted octanol–water partition coefficient (Wildman–Crippen LogP) is 2.60. The molecular weight excluding hydrogens is 232 g/mol. The smallest absolute Gasteiger partial charge is 0.303 e. The Morgan fingerprint density at radius 3 is 1.94 bits per heavy atom. The lowest BCUT2D eigenvalue weighted by molar-refractivity contribution is -0.139. The van der Waals surface area contributed by atoms with Gasteiger partial charge >= 0.3 is 11.9 Å². The zero-order valence-electron chi connectivity index (χ0n) is 10.0. The minimum Gasteiger partial charge on any atom is -0.481 e. The summed E-state index contributed by atoms with van der Waals surface area (Å²) in [5.41, 5.74) is 2.06. The SMILES string of the molecule is O=C(O)CC(CC(=O)O)c1ccc(C2CC2)cc1. The highest BCUT2D eigenvalue weighted by Gasteiger charge is 2.24. The van der Waals surface area contributed by atoms with Gasteiger partial charge in [-0.05, 0) is 29.9 Å². The van der Waals surface area contributed by atoms with Crippen LogP contribution in [0.5, 0.6) is 0 Å². The number of rotatable bonds is 6. The van der Waals surface area contributed by atoms with E-state index in [-0.39, 0.29) is 12.8 Å². The van der Waals surface area contributed by atoms with E-state index in [9.17, 15) is 9.59 Å². The summed E-state index contributed by atoms with van der Waals surface area (Å²) in [7, 11) is 0. The molecule has 96 valence electrons. The number of carboxylic acid groups (broad SMARTS) is 2. The van der Waals surface area contributed by atoms with E-state index < -0.39 is 17.9 Å². The molecule has 2 N–H and O–H groups in total. The molecular formula is C14H16O4. The minimum absolute atomic E-state index is 0.144. The van der Waals surface area contributed by atoms with Crippen LogP contribution in [0.4, 0.5) is 0 Å². The van der Waals surface area contributed by atoms with Crippen molar-refractivity contribution < 1.29 is 19.8 Å². The Hall–Kier alpha value is -1.84. The number of aliphatic carboxylic acids is 2. The first-order chi connectivity index (χ1) is 8.56. The van der Waals surface area contributed by atoms with Gasteiger partial charge in [-0.15, -0.1) is 0 Å². The first kappa shape index (κ1) is 12.6. The topological polar surface area (TPSA) is 74.6 Å². The normalized spacial score (nSPS) is 14.7. The lowest BCUT2D eigenvalue weighted by Crippen LogP contribution is -2.11. The lowest BCUT2D eigenvalue weighted by atomic mass is 9.91. The Kier molecular flexibility index (Phi) is 3.65. The quantitative estimate of drug-likeness (QED) is 0.811. The van der Waals surface area contributed by atoms with Crippen molar-refractivity contribution in [2.45, 2.75) is 37.5 Å². The van der Waals surface area contributed by atoms with Crippen molar-refractivity contribution in [3.8, 4) is 0 Å². The van der Waals surface area contributed by atoms with Gasteiger partial charge in [-0.3, -0.25) is 9.59 Å². The third-order valence-electron chi connectivity index (χ3n) is 3.30. The average Bonchev–Trinajstić information content (AvgIpc) is 3.11. The molecule has 0 saturated heterocycles. The average molecular weight is 248 g/mol. The first-order valence-corrected chi connectivity index (χ1v) is 6.09. The van der Waals surface area contributed by atoms with Crippen molar-refractivity contribution in [3.63, 3.8) is 0 Å². The van der Waals surface area contributed by atoms with Gasteiger partial charge in [-0.25, -0.2) is 0 Å². The standard InChI is InChI=1S/C14H16O4/c15-13(16)7-12(8-14(17)18)11-5-3-10(4-6-11)9-1-2-9/h3-6,9,12H,1-2,7-8H2,(H,15,16)(H,17,18). The second-order valence-electron chi connectivity index (χ2n) is 4.83. The molecule has 4 heteroatoms. The Morgan fingerprint density at radius 1 is 1.06 bits per heavy atom. The molecule has 1 saturated carbocycles. The van der Waals surface area contributed by atoms with Gasteiger partial charge in [0.15, 0.2) is 0 Å². The van der Waals surface area contributed by atoms with Gasteiger partial charge in [0, 0.05) is 5.92 Å². The molecule has 0 heterocycles. The van der Waals surface area contributed by atoms with Gasteiger partial charge in [-0.1, -0.05) is 24.3 Å². The second kappa shape index (κ2) is 5.21. The van der Waals surface area contributed by atoms with Gasteiger partial charge in [0.1, 0.15) is 0 Å². The monoisotopic (exact) mass is 248 g/mol. The van der Waals surface area contributed by atoms with Crippen molar-refractivity contribution in [1.82, 2.24) is 0 Å². The van der Waals surface area contributed by atoms with E-state index in [2.05, 4.69) is 0 Å². The van der Waals surface area contributed by atoms with Gasteiger partial charge in [0.25, 0.3) is 0 Å². The van der Waals surface area contributed by atoms with E-state index in [1.807, 2.05) is 24.3 Å². The van der Waals surface area contributed by atoms with E-state index in [4.69, 9.17) is 10.2 Å². The van der Waals surface area contributed by atoms with Gasteiger partial charge in [0.05, 0.1) is 12.8 Å². The Labute approximate surface area is 105 Å². The van der Waals surface area contributed by atoms with Gasteiger partial charge < -0.3 is 10.2 Å². The molecule has 0 atom stereocenters. The number of hydrogen-bond donors (Lipinski definition) is 2. The van der Waals surface area contributed by atoms with E-state index in [1.54, 1.807) is 0 Å². The molecule has 4 nitrogen and oxygen atoms in total. The number of carboxylic acids is 2. The van der Waals surface area contributed by atoms with Crippen LogP contribution in [0.15, 0.2) is 24.3 Å². The Bertz CT molecular complexity index is 429. The van der Waals surface area contributed by atoms with Gasteiger partial charge in [0.2, 0.25) is 0 Å². The number of benzene rings is 1. The van der Waals surface area contributed by atoms with Crippen LogP contribution in [0.1, 0.15) is 48.6 Å². The largest absolute Gasteiger partial charge is 0.481 e. The van der Waals surface area contributed by atoms with Crippen molar-refractivity contribution in [2.75, 3.05) is 0 Å². The molecule has 1 aliphatic carbocycles. The molecule has 0 aromatic heterocycles. The molecule has 1 aromatic rings. The third kappa shape index (κ3) is 3.32. The van der Waals surface area contributed by atoms with Crippen LogP contribution in [-0.4, -0.2) is 22.2 Å². The Balaban J connectivity index is 2.12. The summed E-state index contributed by atoms with van der Waals surface area (Å²) in [6.07, 6.45) is 2.14. The molecule has 0 bridgehead atoms. The maximum Gasteiger partial charge on any atom is 0.303 e. The van der Waals surface area contributed by atoms with Crippen LogP contribution in [0.3, 0.4) is 0 Å². The van der Waals surface area contributed by atoms with E-state index in [1.165, 1.54) is 18.4 Å². The molecule has 1 fully saturated rings. The summed E-state index contributed by atoms with van der Waals surface area (Å²) in [6, 6.07) is 7.71. The van der Waals surface area contributed by atoms with Crippen LogP contribution in [-0.2, 0) is 9.59 Å². The fourth-order valence-corrected chi connectivity index (χ4v) is 2.19. The highest BCUT2D eigenvalue weighted by Crippen LogP contribution is 2.40. The third-order valence-corrected chi connectivity index (χ3v) is 3.30. The van der Waals surface area contributed by atoms with Crippen LogP contribution in [0, 0.1) is 0 Å². The van der Waals surface area contributed by atoms with Crippen LogP contribution >= 0.6 is 0 Å². The summed E-state index contributed by atoms with van der Waals surface area (Å²) >= 11 is 0. The minimum atomic E-state index is -0.965. The molecule has 0 radical (unpaired) electrons. The summed E-state index contributed by atoms with van der Waals surface area (Å²) in [5, 5.41) is 17.6. The summed E-state index contributed by atoms with van der Waals surface area (Å²) in [5.74, 6) is -1.73. The molecule has 2 rings (SSSR count). The summed E-state index contributed by atoms with van der Waals surface area (Å²) in [4.78, 5) is 21.5. The zero-order valence-corrected chi connectivity index (χ0v) is 10.0. The predicted molar refractivity (Wildman–Crippen MR) is 65.7 cm³/mol. The van der Waals surface area contributed by atoms with E-state index in [0.29, 0.717) is 5.92 Å². The molecule has 0 unspecified atom stereocenters. The molecule has 0 aliphatic heterocycles. The lowest BCUT2D eigenvalue weighted by Gasteiger charge is -2.13. The summed E-state index contributed by atoms with van der Waals surface area (Å²) in [6.45, 7) is 0. The van der Waals surface area contributed by atoms with Crippen LogP contribution in [0.25, 0.3) is 0 Å². The molecule has 18 heavy (non-hydrogen) atoms. The first-order valence-electron chi connectivity index (χ1n) is 6.09. The van der Waals surface area contributed by atoms with Crippen LogP contribution < -0.4 is 0 Å². The fourth-order valence-electron chi connectivity index (χ4n) is 2.19. The zero-order chi connectivity index (χ0) is 13.1. The summed E-state index contributed by atoms with van der Waals surface area (Å²) < 4.78 is 0. The highest BCUT2D eigenvalue weighted by atomic mass is 16.4. The Morgan fingerprint density at radius 2 is 1.56 bits per heavy atom. The number of hydrogen-bond acceptors (Lipinski definition) is 2. The molecule has 0 amide bonds. The maximum absolute atomic E-state index is 10.8. The number of carbonyl (C=O) groups is 2. The second-order valence-corrected chi connectivity index (χ2v) is 4.83. The van der Waals surface area contributed by atoms with Crippen LogP contribution in [0.2, 0.25) is 0 Å². The van der Waals surface area contributed by atoms with Crippen molar-refractivity contribution in [3.05, 3.63) is 35.4 Å².